The van der Waals surface area contributed by atoms with Crippen LogP contribution < -0.4 is 11.1 Å². The highest BCUT2D eigenvalue weighted by Gasteiger charge is 2.37. The van der Waals surface area contributed by atoms with Crippen molar-refractivity contribution in [2.45, 2.75) is 38.6 Å². The molecule has 1 aromatic rings. The van der Waals surface area contributed by atoms with Gasteiger partial charge in [0.25, 0.3) is 0 Å². The smallest absolute Gasteiger partial charge is 0.128 e. The van der Waals surface area contributed by atoms with Crippen molar-refractivity contribution in [3.8, 4) is 0 Å². The lowest BCUT2D eigenvalue weighted by Gasteiger charge is -2.32. The molecular weight excluding hydrogens is 234 g/mol. The minimum absolute atomic E-state index is 0.0316. The van der Waals surface area contributed by atoms with Gasteiger partial charge in [0.2, 0.25) is 0 Å². The highest BCUT2D eigenvalue weighted by Crippen LogP contribution is 2.39. The molecule has 1 atom stereocenters. The fourth-order valence-corrected chi connectivity index (χ4v) is 3.01. The van der Waals surface area contributed by atoms with Crippen molar-refractivity contribution in [2.24, 2.45) is 5.92 Å². The summed E-state index contributed by atoms with van der Waals surface area (Å²) in [5.74, 6) is 1.21. The van der Waals surface area contributed by atoms with Crippen molar-refractivity contribution >= 4 is 17.4 Å². The maximum absolute atomic E-state index is 6.05. The van der Waals surface area contributed by atoms with Gasteiger partial charge in [0.15, 0.2) is 0 Å². The topological polar surface area (TPSA) is 50.9 Å². The molecule has 1 unspecified atom stereocenters. The molecule has 0 amide bonds. The Labute approximate surface area is 108 Å². The van der Waals surface area contributed by atoms with Crippen LogP contribution in [0.15, 0.2) is 12.3 Å². The third-order valence-electron chi connectivity index (χ3n) is 3.40. The zero-order valence-corrected chi connectivity index (χ0v) is 11.2. The lowest BCUT2D eigenvalue weighted by molar-refractivity contribution is 0.311. The standard InChI is InChI=1S/C13H20ClN3/c1-9(2)7-13(4-3-5-17-13)11-6-10(14)8-16-12(11)15/h6,8-9,17H,3-5,7H2,1-2H3,(H2,15,16). The number of rotatable bonds is 3. The van der Waals surface area contributed by atoms with E-state index in [1.54, 1.807) is 6.20 Å². The van der Waals surface area contributed by atoms with Crippen molar-refractivity contribution in [3.05, 3.63) is 22.8 Å². The second-order valence-electron chi connectivity index (χ2n) is 5.30. The number of aromatic nitrogens is 1. The molecule has 3 nitrogen and oxygen atoms in total. The SMILES string of the molecule is CC(C)CC1(c2cc(Cl)cnc2N)CCCN1. The number of anilines is 1. The van der Waals surface area contributed by atoms with Gasteiger partial charge in [0, 0.05) is 17.3 Å². The first-order valence-electron chi connectivity index (χ1n) is 6.20. The number of pyridine rings is 1. The molecule has 0 bridgehead atoms. The molecule has 1 fully saturated rings. The number of nitrogen functional groups attached to an aromatic ring is 1. The number of hydrogen-bond acceptors (Lipinski definition) is 3. The summed E-state index contributed by atoms with van der Waals surface area (Å²) in [5, 5.41) is 4.27. The van der Waals surface area contributed by atoms with Crippen LogP contribution in [-0.2, 0) is 5.54 Å². The molecular formula is C13H20ClN3. The Morgan fingerprint density at radius 2 is 2.35 bits per heavy atom. The number of nitrogens with zero attached hydrogens (tertiary/aromatic N) is 1. The van der Waals surface area contributed by atoms with Gasteiger partial charge in [-0.1, -0.05) is 25.4 Å². The Morgan fingerprint density at radius 3 is 2.94 bits per heavy atom. The molecule has 0 aromatic carbocycles. The average Bonchev–Trinajstić information content (AvgIpc) is 2.70. The molecule has 1 aliphatic heterocycles. The molecule has 0 spiro atoms. The molecule has 17 heavy (non-hydrogen) atoms. The van der Waals surface area contributed by atoms with E-state index in [1.807, 2.05) is 6.07 Å². The third-order valence-corrected chi connectivity index (χ3v) is 3.61. The second kappa shape index (κ2) is 4.83. The minimum atomic E-state index is -0.0316. The molecule has 2 heterocycles. The van der Waals surface area contributed by atoms with E-state index in [-0.39, 0.29) is 5.54 Å². The van der Waals surface area contributed by atoms with Crippen LogP contribution in [0.5, 0.6) is 0 Å². The maximum atomic E-state index is 6.05. The third kappa shape index (κ3) is 2.55. The van der Waals surface area contributed by atoms with Crippen molar-refractivity contribution in [1.29, 1.82) is 0 Å². The summed E-state index contributed by atoms with van der Waals surface area (Å²) in [7, 11) is 0. The number of nitrogens with two attached hydrogens (primary N) is 1. The first-order valence-corrected chi connectivity index (χ1v) is 6.58. The zero-order valence-electron chi connectivity index (χ0n) is 10.5. The van der Waals surface area contributed by atoms with E-state index in [0.29, 0.717) is 16.8 Å². The summed E-state index contributed by atoms with van der Waals surface area (Å²) >= 11 is 6.05. The molecule has 1 saturated heterocycles. The Bertz CT molecular complexity index is 398. The van der Waals surface area contributed by atoms with Gasteiger partial charge in [-0.05, 0) is 37.8 Å². The predicted molar refractivity (Wildman–Crippen MR) is 72.0 cm³/mol. The van der Waals surface area contributed by atoms with Gasteiger partial charge >= 0.3 is 0 Å². The lowest BCUT2D eigenvalue weighted by atomic mass is 9.81. The van der Waals surface area contributed by atoms with E-state index in [1.165, 1.54) is 6.42 Å². The fraction of sp³-hybridized carbons (Fsp3) is 0.615. The van der Waals surface area contributed by atoms with Crippen molar-refractivity contribution in [3.63, 3.8) is 0 Å². The van der Waals surface area contributed by atoms with Crippen LogP contribution in [0.1, 0.15) is 38.7 Å². The molecule has 1 aromatic heterocycles. The van der Waals surface area contributed by atoms with Crippen LogP contribution in [0.4, 0.5) is 5.82 Å². The second-order valence-corrected chi connectivity index (χ2v) is 5.73. The molecule has 0 radical (unpaired) electrons. The van der Waals surface area contributed by atoms with Crippen LogP contribution in [0.3, 0.4) is 0 Å². The highest BCUT2D eigenvalue weighted by atomic mass is 35.5. The summed E-state index contributed by atoms with van der Waals surface area (Å²) in [5.41, 5.74) is 7.05. The quantitative estimate of drug-likeness (QED) is 0.871. The van der Waals surface area contributed by atoms with Crippen molar-refractivity contribution in [2.75, 3.05) is 12.3 Å². The lowest BCUT2D eigenvalue weighted by Crippen LogP contribution is -2.39. The fourth-order valence-electron chi connectivity index (χ4n) is 2.85. The predicted octanol–water partition coefficient (Wildman–Crippen LogP) is 2.94. The summed E-state index contributed by atoms with van der Waals surface area (Å²) in [6, 6.07) is 1.96. The van der Waals surface area contributed by atoms with Crippen LogP contribution in [0.2, 0.25) is 5.02 Å². The molecule has 4 heteroatoms. The number of hydrogen-bond donors (Lipinski definition) is 2. The normalized spacial score (nSPS) is 24.5. The number of halogens is 1. The van der Waals surface area contributed by atoms with E-state index in [4.69, 9.17) is 17.3 Å². The zero-order chi connectivity index (χ0) is 12.5. The maximum Gasteiger partial charge on any atom is 0.128 e. The Hall–Kier alpha value is -0.800. The number of nitrogens with one attached hydrogen (secondary N) is 1. The van der Waals surface area contributed by atoms with Crippen LogP contribution in [0.25, 0.3) is 0 Å². The van der Waals surface area contributed by atoms with Gasteiger partial charge in [-0.2, -0.15) is 0 Å². The monoisotopic (exact) mass is 253 g/mol. The van der Waals surface area contributed by atoms with Crippen LogP contribution >= 0.6 is 11.6 Å². The van der Waals surface area contributed by atoms with Gasteiger partial charge in [-0.25, -0.2) is 4.98 Å². The van der Waals surface area contributed by atoms with Gasteiger partial charge in [0.1, 0.15) is 5.82 Å². The molecule has 94 valence electrons. The summed E-state index contributed by atoms with van der Waals surface area (Å²) in [4.78, 5) is 4.18. The van der Waals surface area contributed by atoms with Crippen LogP contribution in [-0.4, -0.2) is 11.5 Å². The minimum Gasteiger partial charge on any atom is -0.383 e. The van der Waals surface area contributed by atoms with Gasteiger partial charge in [-0.15, -0.1) is 0 Å². The van der Waals surface area contributed by atoms with E-state index in [0.717, 1.165) is 24.9 Å². The molecule has 2 rings (SSSR count). The summed E-state index contributed by atoms with van der Waals surface area (Å²) < 4.78 is 0. The van der Waals surface area contributed by atoms with Crippen molar-refractivity contribution in [1.82, 2.24) is 10.3 Å². The Balaban J connectivity index is 2.41. The van der Waals surface area contributed by atoms with E-state index in [2.05, 4.69) is 24.1 Å². The Morgan fingerprint density at radius 1 is 1.59 bits per heavy atom. The van der Waals surface area contributed by atoms with Crippen molar-refractivity contribution < 1.29 is 0 Å². The largest absolute Gasteiger partial charge is 0.383 e. The van der Waals surface area contributed by atoms with Gasteiger partial charge < -0.3 is 11.1 Å². The molecule has 1 aliphatic rings. The average molecular weight is 254 g/mol. The molecule has 0 saturated carbocycles. The molecule has 3 N–H and O–H groups in total. The highest BCUT2D eigenvalue weighted by molar-refractivity contribution is 6.30. The van der Waals surface area contributed by atoms with Gasteiger partial charge in [-0.3, -0.25) is 0 Å². The van der Waals surface area contributed by atoms with Gasteiger partial charge in [0.05, 0.1) is 5.02 Å². The van der Waals surface area contributed by atoms with Crippen LogP contribution in [0, 0.1) is 5.92 Å². The first-order chi connectivity index (χ1) is 8.03. The summed E-state index contributed by atoms with van der Waals surface area (Å²) in [6.45, 7) is 5.50. The van der Waals surface area contributed by atoms with E-state index < -0.39 is 0 Å². The van der Waals surface area contributed by atoms with E-state index in [9.17, 15) is 0 Å². The van der Waals surface area contributed by atoms with E-state index >= 15 is 0 Å². The first kappa shape index (κ1) is 12.7. The Kier molecular flexibility index (Phi) is 3.59. The molecule has 0 aliphatic carbocycles. The summed E-state index contributed by atoms with van der Waals surface area (Å²) in [6.07, 6.45) is 4.97.